The molecule has 0 fully saturated rings. The molecule has 0 saturated heterocycles. The van der Waals surface area contributed by atoms with Crippen LogP contribution < -0.4 is 5.32 Å². The number of rotatable bonds is 7. The van der Waals surface area contributed by atoms with Crippen LogP contribution in [-0.2, 0) is 9.59 Å². The molecule has 1 heterocycles. The molecule has 1 aromatic heterocycles. The molecule has 1 amide bonds. The quantitative estimate of drug-likeness (QED) is 0.580. The first kappa shape index (κ1) is 21.2. The molecule has 5 nitrogen and oxygen atoms in total. The van der Waals surface area contributed by atoms with E-state index < -0.39 is 0 Å². The molecule has 0 atom stereocenters. The molecule has 0 aliphatic carbocycles. The summed E-state index contributed by atoms with van der Waals surface area (Å²) < 4.78 is 13.4. The average molecular weight is 419 g/mol. The maximum Gasteiger partial charge on any atom is 0.230 e. The van der Waals surface area contributed by atoms with Gasteiger partial charge in [-0.15, -0.1) is 0 Å². The van der Waals surface area contributed by atoms with Crippen molar-refractivity contribution in [1.29, 1.82) is 5.26 Å². The van der Waals surface area contributed by atoms with Gasteiger partial charge in [-0.2, -0.15) is 5.26 Å². The highest BCUT2D eigenvalue weighted by atomic mass is 32.2. The van der Waals surface area contributed by atoms with Gasteiger partial charge in [-0.05, 0) is 30.7 Å². The van der Waals surface area contributed by atoms with Crippen molar-refractivity contribution in [3.63, 3.8) is 0 Å². The summed E-state index contributed by atoms with van der Waals surface area (Å²) in [5.41, 5.74) is 3.09. The Kier molecular flexibility index (Phi) is 6.94. The van der Waals surface area contributed by atoms with Gasteiger partial charge in [0.1, 0.15) is 22.7 Å². The molecular weight excluding hydrogens is 401 g/mol. The van der Waals surface area contributed by atoms with Crippen LogP contribution in [0, 0.1) is 17.1 Å². The van der Waals surface area contributed by atoms with E-state index in [1.54, 1.807) is 18.2 Å². The molecule has 0 radical (unpaired) electrons. The zero-order valence-corrected chi connectivity index (χ0v) is 17.0. The normalized spacial score (nSPS) is 10.3. The molecule has 0 aliphatic rings. The number of hydrogen-bond acceptors (Lipinski definition) is 5. The number of pyridine rings is 1. The highest BCUT2D eigenvalue weighted by molar-refractivity contribution is 8.00. The number of amides is 1. The summed E-state index contributed by atoms with van der Waals surface area (Å²) in [6, 6.07) is 19.3. The monoisotopic (exact) mass is 419 g/mol. The smallest absolute Gasteiger partial charge is 0.230 e. The highest BCUT2D eigenvalue weighted by Gasteiger charge is 2.17. The molecule has 3 aromatic rings. The second-order valence-electron chi connectivity index (χ2n) is 6.49. The Morgan fingerprint density at radius 2 is 1.80 bits per heavy atom. The van der Waals surface area contributed by atoms with Crippen LogP contribution in [-0.4, -0.2) is 29.0 Å². The lowest BCUT2D eigenvalue weighted by Crippen LogP contribution is -2.29. The molecule has 30 heavy (non-hydrogen) atoms. The summed E-state index contributed by atoms with van der Waals surface area (Å²) in [4.78, 5) is 27.7. The Morgan fingerprint density at radius 3 is 2.43 bits per heavy atom. The molecule has 150 valence electrons. The van der Waals surface area contributed by atoms with Gasteiger partial charge in [0.15, 0.2) is 0 Å². The number of benzene rings is 2. The Morgan fingerprint density at radius 1 is 1.10 bits per heavy atom. The van der Waals surface area contributed by atoms with Gasteiger partial charge in [0.25, 0.3) is 0 Å². The van der Waals surface area contributed by atoms with Crippen molar-refractivity contribution < 1.29 is 14.0 Å². The zero-order valence-electron chi connectivity index (χ0n) is 16.2. The summed E-state index contributed by atoms with van der Waals surface area (Å²) >= 11 is 1.12. The number of carbonyl (C=O) groups is 2. The van der Waals surface area contributed by atoms with Gasteiger partial charge in [-0.3, -0.25) is 9.59 Å². The van der Waals surface area contributed by atoms with Crippen molar-refractivity contribution in [2.75, 3.05) is 12.3 Å². The van der Waals surface area contributed by atoms with Gasteiger partial charge in [0.2, 0.25) is 5.91 Å². The fourth-order valence-corrected chi connectivity index (χ4v) is 3.59. The van der Waals surface area contributed by atoms with Crippen LogP contribution in [0.5, 0.6) is 0 Å². The Balaban J connectivity index is 2.02. The largest absolute Gasteiger partial charge is 0.348 e. The van der Waals surface area contributed by atoms with Gasteiger partial charge in [-0.1, -0.05) is 54.2 Å². The molecular formula is C23H18FN3O2S. The molecule has 0 unspecified atom stereocenters. The van der Waals surface area contributed by atoms with Crippen LogP contribution in [0.3, 0.4) is 0 Å². The second-order valence-corrected chi connectivity index (χ2v) is 7.45. The number of Topliss-reactive ketones (excluding diaryl/α,β-unsaturated/α-hetero) is 1. The Hall–Kier alpha value is -3.50. The molecule has 0 saturated carbocycles. The van der Waals surface area contributed by atoms with E-state index in [-0.39, 0.29) is 29.8 Å². The fourth-order valence-electron chi connectivity index (χ4n) is 2.76. The van der Waals surface area contributed by atoms with Gasteiger partial charge < -0.3 is 5.32 Å². The van der Waals surface area contributed by atoms with Crippen molar-refractivity contribution in [2.45, 2.75) is 11.9 Å². The van der Waals surface area contributed by atoms with Crippen molar-refractivity contribution in [1.82, 2.24) is 10.3 Å². The van der Waals surface area contributed by atoms with Crippen LogP contribution in [0.2, 0.25) is 0 Å². The SMILES string of the molecule is CC(=O)CNC(=O)CSc1nc(-c2ccccc2)cc(-c2ccc(F)cc2)c1C#N. The number of carbonyl (C=O) groups excluding carboxylic acids is 2. The predicted octanol–water partition coefficient (Wildman–Crippen LogP) is 4.22. The number of nitriles is 1. The average Bonchev–Trinajstić information content (AvgIpc) is 2.76. The first-order chi connectivity index (χ1) is 14.5. The van der Waals surface area contributed by atoms with Gasteiger partial charge >= 0.3 is 0 Å². The number of nitrogens with zero attached hydrogens (tertiary/aromatic N) is 2. The van der Waals surface area contributed by atoms with Crippen LogP contribution in [0.1, 0.15) is 12.5 Å². The van der Waals surface area contributed by atoms with Crippen LogP contribution >= 0.6 is 11.8 Å². The topological polar surface area (TPSA) is 82.8 Å². The van der Waals surface area contributed by atoms with Crippen molar-refractivity contribution in [2.24, 2.45) is 0 Å². The fraction of sp³-hybridized carbons (Fsp3) is 0.130. The zero-order chi connectivity index (χ0) is 21.5. The molecule has 0 bridgehead atoms. The van der Waals surface area contributed by atoms with Gasteiger partial charge in [0, 0.05) is 11.1 Å². The maximum absolute atomic E-state index is 13.4. The van der Waals surface area contributed by atoms with Gasteiger partial charge in [-0.25, -0.2) is 9.37 Å². The van der Waals surface area contributed by atoms with Gasteiger partial charge in [0.05, 0.1) is 23.6 Å². The maximum atomic E-state index is 13.4. The van der Waals surface area contributed by atoms with E-state index in [4.69, 9.17) is 0 Å². The molecule has 2 aromatic carbocycles. The number of hydrogen-bond donors (Lipinski definition) is 1. The summed E-state index contributed by atoms with van der Waals surface area (Å²) in [5, 5.41) is 12.7. The highest BCUT2D eigenvalue weighted by Crippen LogP contribution is 2.34. The summed E-state index contributed by atoms with van der Waals surface area (Å²) in [5.74, 6) is -0.828. The number of thioether (sulfide) groups is 1. The number of aromatic nitrogens is 1. The lowest BCUT2D eigenvalue weighted by atomic mass is 9.99. The third-order valence-electron chi connectivity index (χ3n) is 4.20. The van der Waals surface area contributed by atoms with Crippen LogP contribution in [0.25, 0.3) is 22.4 Å². The van der Waals surface area contributed by atoms with E-state index in [0.717, 1.165) is 17.3 Å². The molecule has 7 heteroatoms. The third-order valence-corrected chi connectivity index (χ3v) is 5.17. The first-order valence-electron chi connectivity index (χ1n) is 9.13. The molecule has 0 aliphatic heterocycles. The summed E-state index contributed by atoms with van der Waals surface area (Å²) in [7, 11) is 0. The second kappa shape index (κ2) is 9.81. The molecule has 0 spiro atoms. The number of ketones is 1. The summed E-state index contributed by atoms with van der Waals surface area (Å²) in [6.45, 7) is 1.35. The first-order valence-corrected chi connectivity index (χ1v) is 10.1. The van der Waals surface area contributed by atoms with E-state index in [1.165, 1.54) is 19.1 Å². The lowest BCUT2D eigenvalue weighted by molar-refractivity contribution is -0.122. The van der Waals surface area contributed by atoms with E-state index in [9.17, 15) is 19.2 Å². The lowest BCUT2D eigenvalue weighted by Gasteiger charge is -2.12. The Labute approximate surface area is 178 Å². The number of nitrogens with one attached hydrogen (secondary N) is 1. The van der Waals surface area contributed by atoms with E-state index in [0.29, 0.717) is 27.4 Å². The summed E-state index contributed by atoms with van der Waals surface area (Å²) in [6.07, 6.45) is 0. The molecule has 1 N–H and O–H groups in total. The minimum atomic E-state index is -0.369. The van der Waals surface area contributed by atoms with Crippen molar-refractivity contribution in [3.8, 4) is 28.5 Å². The molecule has 3 rings (SSSR count). The van der Waals surface area contributed by atoms with Crippen molar-refractivity contribution in [3.05, 3.63) is 72.0 Å². The van der Waals surface area contributed by atoms with Crippen LogP contribution in [0.4, 0.5) is 4.39 Å². The van der Waals surface area contributed by atoms with Crippen molar-refractivity contribution >= 4 is 23.5 Å². The van der Waals surface area contributed by atoms with Crippen LogP contribution in [0.15, 0.2) is 65.7 Å². The van der Waals surface area contributed by atoms with E-state index in [1.807, 2.05) is 30.3 Å². The van der Waals surface area contributed by atoms with E-state index >= 15 is 0 Å². The minimum Gasteiger partial charge on any atom is -0.348 e. The number of halogens is 1. The van der Waals surface area contributed by atoms with E-state index in [2.05, 4.69) is 16.4 Å². The minimum absolute atomic E-state index is 0.00998. The predicted molar refractivity (Wildman–Crippen MR) is 114 cm³/mol. The Bertz CT molecular complexity index is 1110. The third kappa shape index (κ3) is 5.31. The standard InChI is InChI=1S/C23H18FN3O2S/c1-15(28)13-26-22(29)14-30-23-20(12-25)19(16-7-9-18(24)10-8-16)11-21(27-23)17-5-3-2-4-6-17/h2-11H,13-14H2,1H3,(H,26,29).